The second-order valence-electron chi connectivity index (χ2n) is 7.16. The third-order valence-electron chi connectivity index (χ3n) is 5.29. The van der Waals surface area contributed by atoms with E-state index in [-0.39, 0.29) is 11.5 Å². The number of halogens is 1. The zero-order valence-corrected chi connectivity index (χ0v) is 18.0. The summed E-state index contributed by atoms with van der Waals surface area (Å²) in [5, 5.41) is 2.67. The van der Waals surface area contributed by atoms with Crippen LogP contribution < -0.4 is 5.32 Å². The van der Waals surface area contributed by atoms with Crippen LogP contribution in [0.2, 0.25) is 0 Å². The molecule has 2 aliphatic heterocycles. The van der Waals surface area contributed by atoms with Gasteiger partial charge in [-0.25, -0.2) is 13.2 Å². The summed E-state index contributed by atoms with van der Waals surface area (Å²) in [4.78, 5) is 40.6. The Bertz CT molecular complexity index is 935. The number of urea groups is 1. The summed E-state index contributed by atoms with van der Waals surface area (Å²) in [6, 6.07) is 6.00. The minimum absolute atomic E-state index is 0.0463. The maximum absolute atomic E-state index is 13.0. The lowest BCUT2D eigenvalue weighted by atomic mass is 9.92. The van der Waals surface area contributed by atoms with Gasteiger partial charge in [-0.1, -0.05) is 34.1 Å². The minimum Gasteiger partial charge on any atom is -0.337 e. The van der Waals surface area contributed by atoms with Crippen LogP contribution in [0, 0.1) is 0 Å². The molecule has 0 spiro atoms. The van der Waals surface area contributed by atoms with Gasteiger partial charge in [-0.2, -0.15) is 0 Å². The number of hydrogen-bond acceptors (Lipinski definition) is 5. The lowest BCUT2D eigenvalue weighted by molar-refractivity contribution is -0.139. The highest BCUT2D eigenvalue weighted by atomic mass is 79.9. The second kappa shape index (κ2) is 7.47. The van der Waals surface area contributed by atoms with Gasteiger partial charge in [0.05, 0.1) is 11.5 Å². The van der Waals surface area contributed by atoms with Gasteiger partial charge in [-0.05, 0) is 26.3 Å². The van der Waals surface area contributed by atoms with Gasteiger partial charge in [0, 0.05) is 22.6 Å². The molecule has 0 aromatic heterocycles. The fourth-order valence-corrected chi connectivity index (χ4v) is 6.19. The highest BCUT2D eigenvalue weighted by Crippen LogP contribution is 2.33. The van der Waals surface area contributed by atoms with Gasteiger partial charge in [0.2, 0.25) is 5.91 Å². The zero-order chi connectivity index (χ0) is 20.7. The Labute approximate surface area is 172 Å². The molecule has 2 atom stereocenters. The first-order chi connectivity index (χ1) is 13.1. The maximum Gasteiger partial charge on any atom is 0.325 e. The molecule has 0 unspecified atom stereocenters. The molecule has 2 fully saturated rings. The number of carbonyl (C=O) groups is 3. The Balaban J connectivity index is 1.79. The van der Waals surface area contributed by atoms with E-state index in [9.17, 15) is 22.8 Å². The topological polar surface area (TPSA) is 104 Å². The summed E-state index contributed by atoms with van der Waals surface area (Å²) in [5.41, 5.74) is -0.692. The Hall–Kier alpha value is -1.94. The first kappa shape index (κ1) is 20.8. The van der Waals surface area contributed by atoms with Crippen molar-refractivity contribution in [2.24, 2.45) is 0 Å². The SMILES string of the molecule is CCN(C(=O)CN1C(=O)N[C@@](C)(c2ccccc2Br)C1=O)[C@H]1CCS(=O)(=O)C1. The van der Waals surface area contributed by atoms with Gasteiger partial charge in [0.25, 0.3) is 5.91 Å². The van der Waals surface area contributed by atoms with E-state index in [0.717, 1.165) is 4.90 Å². The van der Waals surface area contributed by atoms with Gasteiger partial charge < -0.3 is 10.2 Å². The lowest BCUT2D eigenvalue weighted by Gasteiger charge is -2.28. The molecule has 10 heteroatoms. The summed E-state index contributed by atoms with van der Waals surface area (Å²) in [6.45, 7) is 3.23. The van der Waals surface area contributed by atoms with Crippen molar-refractivity contribution in [1.82, 2.24) is 15.1 Å². The van der Waals surface area contributed by atoms with E-state index in [1.54, 1.807) is 38.1 Å². The van der Waals surface area contributed by atoms with Crippen molar-refractivity contribution in [1.29, 1.82) is 0 Å². The van der Waals surface area contributed by atoms with E-state index in [2.05, 4.69) is 21.2 Å². The van der Waals surface area contributed by atoms with Crippen molar-refractivity contribution in [3.8, 4) is 0 Å². The number of carbonyl (C=O) groups excluding carboxylic acids is 3. The van der Waals surface area contributed by atoms with Gasteiger partial charge in [0.1, 0.15) is 12.1 Å². The average Bonchev–Trinajstić information content (AvgIpc) is 3.08. The molecule has 2 saturated heterocycles. The Morgan fingerprint density at radius 1 is 1.36 bits per heavy atom. The molecule has 0 bridgehead atoms. The van der Waals surface area contributed by atoms with E-state index in [0.29, 0.717) is 23.0 Å². The summed E-state index contributed by atoms with van der Waals surface area (Å²) in [7, 11) is -3.15. The minimum atomic E-state index is -3.15. The standard InChI is InChI=1S/C18H22BrN3O5S/c1-3-21(12-8-9-28(26,27)11-12)15(23)10-22-16(24)18(2,20-17(22)25)13-6-4-5-7-14(13)19/h4-7,12H,3,8-11H2,1-2H3,(H,20,25)/t12-,18-/m0/s1. The van der Waals surface area contributed by atoms with Crippen molar-refractivity contribution in [2.45, 2.75) is 31.8 Å². The predicted molar refractivity (Wildman–Crippen MR) is 106 cm³/mol. The first-order valence-electron chi connectivity index (χ1n) is 8.98. The van der Waals surface area contributed by atoms with E-state index >= 15 is 0 Å². The smallest absolute Gasteiger partial charge is 0.325 e. The largest absolute Gasteiger partial charge is 0.337 e. The number of nitrogens with one attached hydrogen (secondary N) is 1. The highest BCUT2D eigenvalue weighted by molar-refractivity contribution is 9.10. The molecular formula is C18H22BrN3O5S. The van der Waals surface area contributed by atoms with Crippen LogP contribution in [0.1, 0.15) is 25.8 Å². The monoisotopic (exact) mass is 471 g/mol. The van der Waals surface area contributed by atoms with Crippen LogP contribution in [0.25, 0.3) is 0 Å². The average molecular weight is 472 g/mol. The highest BCUT2D eigenvalue weighted by Gasteiger charge is 2.50. The van der Waals surface area contributed by atoms with Gasteiger partial charge >= 0.3 is 6.03 Å². The third kappa shape index (κ3) is 3.67. The van der Waals surface area contributed by atoms with Crippen LogP contribution in [0.15, 0.2) is 28.7 Å². The first-order valence-corrected chi connectivity index (χ1v) is 11.6. The molecule has 152 valence electrons. The third-order valence-corrected chi connectivity index (χ3v) is 7.73. The quantitative estimate of drug-likeness (QED) is 0.650. The van der Waals surface area contributed by atoms with Crippen LogP contribution in [0.5, 0.6) is 0 Å². The molecule has 0 radical (unpaired) electrons. The van der Waals surface area contributed by atoms with Gasteiger partial charge in [-0.15, -0.1) is 0 Å². The molecule has 1 aromatic carbocycles. The number of rotatable bonds is 5. The Morgan fingerprint density at radius 3 is 2.61 bits per heavy atom. The summed E-state index contributed by atoms with van der Waals surface area (Å²) >= 11 is 3.40. The van der Waals surface area contributed by atoms with E-state index in [4.69, 9.17) is 0 Å². The van der Waals surface area contributed by atoms with Crippen LogP contribution in [-0.4, -0.2) is 66.7 Å². The maximum atomic E-state index is 13.0. The van der Waals surface area contributed by atoms with Crippen molar-refractivity contribution in [3.05, 3.63) is 34.3 Å². The van der Waals surface area contributed by atoms with Crippen LogP contribution in [0.4, 0.5) is 4.79 Å². The molecule has 28 heavy (non-hydrogen) atoms. The van der Waals surface area contributed by atoms with Crippen LogP contribution in [-0.2, 0) is 25.0 Å². The van der Waals surface area contributed by atoms with Gasteiger partial charge in [-0.3, -0.25) is 14.5 Å². The Morgan fingerprint density at radius 2 is 2.04 bits per heavy atom. The van der Waals surface area contributed by atoms with Crippen molar-refractivity contribution < 1.29 is 22.8 Å². The predicted octanol–water partition coefficient (Wildman–Crippen LogP) is 1.25. The summed E-state index contributed by atoms with van der Waals surface area (Å²) < 4.78 is 24.1. The fraction of sp³-hybridized carbons (Fsp3) is 0.500. The molecule has 0 saturated carbocycles. The number of amides is 4. The molecule has 2 aliphatic rings. The number of nitrogens with zero attached hydrogens (tertiary/aromatic N) is 2. The lowest BCUT2D eigenvalue weighted by Crippen LogP contribution is -2.48. The van der Waals surface area contributed by atoms with Crippen molar-refractivity contribution in [3.63, 3.8) is 0 Å². The number of likely N-dealkylation sites (N-methyl/N-ethyl adjacent to an activating group) is 1. The molecular weight excluding hydrogens is 450 g/mol. The Kier molecular flexibility index (Phi) is 5.55. The molecule has 4 amide bonds. The molecule has 8 nitrogen and oxygen atoms in total. The number of benzene rings is 1. The summed E-state index contributed by atoms with van der Waals surface area (Å²) in [5.74, 6) is -0.996. The normalized spacial score (nSPS) is 26.4. The molecule has 1 aromatic rings. The second-order valence-corrected chi connectivity index (χ2v) is 10.2. The van der Waals surface area contributed by atoms with E-state index < -0.39 is 45.8 Å². The van der Waals surface area contributed by atoms with Crippen molar-refractivity contribution >= 4 is 43.6 Å². The van der Waals surface area contributed by atoms with Crippen LogP contribution in [0.3, 0.4) is 0 Å². The van der Waals surface area contributed by atoms with Gasteiger partial charge in [0.15, 0.2) is 9.84 Å². The number of imide groups is 1. The molecule has 2 heterocycles. The van der Waals surface area contributed by atoms with Crippen molar-refractivity contribution in [2.75, 3.05) is 24.6 Å². The summed E-state index contributed by atoms with van der Waals surface area (Å²) in [6.07, 6.45) is 0.372. The van der Waals surface area contributed by atoms with E-state index in [1.807, 2.05) is 0 Å². The fourth-order valence-electron chi connectivity index (χ4n) is 3.78. The van der Waals surface area contributed by atoms with Crippen LogP contribution >= 0.6 is 15.9 Å². The molecule has 3 rings (SSSR count). The number of hydrogen-bond donors (Lipinski definition) is 1. The molecule has 1 N–H and O–H groups in total. The van der Waals surface area contributed by atoms with E-state index in [1.165, 1.54) is 4.90 Å². The number of sulfone groups is 1. The zero-order valence-electron chi connectivity index (χ0n) is 15.6. The molecule has 0 aliphatic carbocycles.